The molecule has 1 aliphatic rings. The highest BCUT2D eigenvalue weighted by Crippen LogP contribution is 2.42. The van der Waals surface area contributed by atoms with Gasteiger partial charge in [-0.25, -0.2) is 19.0 Å². The zero-order valence-corrected chi connectivity index (χ0v) is 19.5. The van der Waals surface area contributed by atoms with Crippen molar-refractivity contribution in [1.29, 1.82) is 0 Å². The summed E-state index contributed by atoms with van der Waals surface area (Å²) in [6.45, 7) is 9.76. The average Bonchev–Trinajstić information content (AvgIpc) is 3.28. The molecule has 0 aliphatic heterocycles. The minimum absolute atomic E-state index is 0.225. The second-order valence-electron chi connectivity index (χ2n) is 9.27. The van der Waals surface area contributed by atoms with E-state index in [4.69, 9.17) is 21.1 Å². The third kappa shape index (κ3) is 4.82. The predicted octanol–water partition coefficient (Wildman–Crippen LogP) is 5.53. The fraction of sp³-hybridized carbons (Fsp3) is 0.476. The molecule has 0 radical (unpaired) electrons. The van der Waals surface area contributed by atoms with Gasteiger partial charge in [-0.15, -0.1) is 0 Å². The SMILES string of the molecule is CC1(Oc2cc3c(-c4cc(Cl)ncn4)nn(COCC[Si](C)(C)C)c3cc2F)CC1. The maximum absolute atomic E-state index is 14.8. The second kappa shape index (κ2) is 7.90. The standard InChI is InChI=1S/C21H26ClFN4O2Si/c1-21(5-6-21)29-18-9-14-17(10-15(18)23)27(13-28-7-8-30(2,3)4)26-20(14)16-11-19(22)25-12-24-16/h9-12H,5-8,13H2,1-4H3. The summed E-state index contributed by atoms with van der Waals surface area (Å²) in [6, 6.07) is 5.85. The number of ether oxygens (including phenoxy) is 2. The molecular weight excluding hydrogens is 423 g/mol. The van der Waals surface area contributed by atoms with Crippen molar-refractivity contribution in [2.24, 2.45) is 0 Å². The first-order chi connectivity index (χ1) is 14.1. The van der Waals surface area contributed by atoms with E-state index in [0.717, 1.165) is 24.3 Å². The van der Waals surface area contributed by atoms with Crippen molar-refractivity contribution in [2.45, 2.75) is 57.8 Å². The van der Waals surface area contributed by atoms with Gasteiger partial charge in [-0.3, -0.25) is 0 Å². The Balaban J connectivity index is 1.71. The number of nitrogens with zero attached hydrogens (tertiary/aromatic N) is 4. The monoisotopic (exact) mass is 448 g/mol. The second-order valence-corrected chi connectivity index (χ2v) is 15.3. The van der Waals surface area contributed by atoms with Crippen molar-refractivity contribution < 1.29 is 13.9 Å². The van der Waals surface area contributed by atoms with E-state index in [2.05, 4.69) is 34.7 Å². The highest BCUT2D eigenvalue weighted by atomic mass is 35.5. The maximum Gasteiger partial charge on any atom is 0.167 e. The highest BCUT2D eigenvalue weighted by molar-refractivity contribution is 6.76. The van der Waals surface area contributed by atoms with Gasteiger partial charge in [0.2, 0.25) is 0 Å². The number of rotatable bonds is 8. The molecule has 0 saturated heterocycles. The summed E-state index contributed by atoms with van der Waals surface area (Å²) >= 11 is 6.06. The van der Waals surface area contributed by atoms with Gasteiger partial charge in [0.15, 0.2) is 11.6 Å². The van der Waals surface area contributed by atoms with Gasteiger partial charge in [0.25, 0.3) is 0 Å². The predicted molar refractivity (Wildman–Crippen MR) is 118 cm³/mol. The number of benzene rings is 1. The molecule has 1 saturated carbocycles. The van der Waals surface area contributed by atoms with Gasteiger partial charge in [-0.05, 0) is 31.9 Å². The van der Waals surface area contributed by atoms with E-state index in [-0.39, 0.29) is 18.1 Å². The van der Waals surface area contributed by atoms with Gasteiger partial charge in [0, 0.05) is 32.2 Å². The molecule has 2 heterocycles. The third-order valence-electron chi connectivity index (χ3n) is 5.20. The van der Waals surface area contributed by atoms with Crippen molar-refractivity contribution in [1.82, 2.24) is 19.7 Å². The van der Waals surface area contributed by atoms with Crippen LogP contribution >= 0.6 is 11.6 Å². The lowest BCUT2D eigenvalue weighted by Gasteiger charge is -2.15. The van der Waals surface area contributed by atoms with Crippen LogP contribution < -0.4 is 4.74 Å². The quantitative estimate of drug-likeness (QED) is 0.257. The normalized spacial score (nSPS) is 15.5. The van der Waals surface area contributed by atoms with Crippen LogP contribution in [0.4, 0.5) is 4.39 Å². The molecule has 0 atom stereocenters. The Morgan fingerprint density at radius 2 is 1.97 bits per heavy atom. The minimum Gasteiger partial charge on any atom is -0.484 e. The van der Waals surface area contributed by atoms with Crippen LogP contribution in [0.15, 0.2) is 24.5 Å². The van der Waals surface area contributed by atoms with Crippen molar-refractivity contribution in [3.05, 3.63) is 35.5 Å². The fourth-order valence-electron chi connectivity index (χ4n) is 3.08. The van der Waals surface area contributed by atoms with E-state index >= 15 is 0 Å². The molecule has 9 heteroatoms. The number of hydrogen-bond acceptors (Lipinski definition) is 5. The fourth-order valence-corrected chi connectivity index (χ4v) is 3.98. The summed E-state index contributed by atoms with van der Waals surface area (Å²) in [4.78, 5) is 8.24. The Hall–Kier alpha value is -2.03. The van der Waals surface area contributed by atoms with E-state index in [1.165, 1.54) is 12.4 Å². The molecule has 1 aliphatic carbocycles. The van der Waals surface area contributed by atoms with E-state index < -0.39 is 13.9 Å². The lowest BCUT2D eigenvalue weighted by atomic mass is 10.1. The molecule has 0 N–H and O–H groups in total. The van der Waals surface area contributed by atoms with Gasteiger partial charge >= 0.3 is 0 Å². The Labute approximate surface area is 181 Å². The number of fused-ring (bicyclic) bond motifs is 1. The van der Waals surface area contributed by atoms with E-state index in [9.17, 15) is 4.39 Å². The van der Waals surface area contributed by atoms with Crippen LogP contribution in [0.5, 0.6) is 5.75 Å². The van der Waals surface area contributed by atoms with Gasteiger partial charge in [-0.2, -0.15) is 5.10 Å². The van der Waals surface area contributed by atoms with Crippen molar-refractivity contribution >= 4 is 30.6 Å². The summed E-state index contributed by atoms with van der Waals surface area (Å²) in [5.41, 5.74) is 1.49. The largest absolute Gasteiger partial charge is 0.484 e. The molecule has 6 nitrogen and oxygen atoms in total. The molecule has 4 rings (SSSR count). The molecule has 160 valence electrons. The average molecular weight is 449 g/mol. The van der Waals surface area contributed by atoms with Crippen LogP contribution in [-0.2, 0) is 11.5 Å². The number of halogens is 2. The van der Waals surface area contributed by atoms with Crippen molar-refractivity contribution in [3.8, 4) is 17.1 Å². The first-order valence-corrected chi connectivity index (χ1v) is 14.2. The Morgan fingerprint density at radius 1 is 1.20 bits per heavy atom. The first-order valence-electron chi connectivity index (χ1n) is 10.1. The van der Waals surface area contributed by atoms with E-state index in [0.29, 0.717) is 28.7 Å². The van der Waals surface area contributed by atoms with Crippen molar-refractivity contribution in [2.75, 3.05) is 6.61 Å². The lowest BCUT2D eigenvalue weighted by Crippen LogP contribution is -2.22. The molecule has 0 amide bonds. The molecule has 0 unspecified atom stereocenters. The molecule has 30 heavy (non-hydrogen) atoms. The zero-order chi connectivity index (χ0) is 21.5. The lowest BCUT2D eigenvalue weighted by molar-refractivity contribution is 0.0818. The van der Waals surface area contributed by atoms with E-state index in [1.54, 1.807) is 16.8 Å². The van der Waals surface area contributed by atoms with Gasteiger partial charge in [0.05, 0.1) is 11.2 Å². The molecule has 3 aromatic rings. The summed E-state index contributed by atoms with van der Waals surface area (Å²) in [5.74, 6) is -0.186. The molecule has 2 aromatic heterocycles. The number of aromatic nitrogens is 4. The molecular formula is C21H26ClFN4O2Si. The van der Waals surface area contributed by atoms with Crippen LogP contribution in [0, 0.1) is 5.82 Å². The van der Waals surface area contributed by atoms with Gasteiger partial charge in [0.1, 0.15) is 29.5 Å². The van der Waals surface area contributed by atoms with Crippen molar-refractivity contribution in [3.63, 3.8) is 0 Å². The van der Waals surface area contributed by atoms with Crippen LogP contribution in [-0.4, -0.2) is 40.0 Å². The highest BCUT2D eigenvalue weighted by Gasteiger charge is 2.40. The summed E-state index contributed by atoms with van der Waals surface area (Å²) in [7, 11) is -1.20. The Kier molecular flexibility index (Phi) is 5.59. The molecule has 0 bridgehead atoms. The Morgan fingerprint density at radius 3 is 2.63 bits per heavy atom. The molecule has 1 aromatic carbocycles. The smallest absolute Gasteiger partial charge is 0.167 e. The van der Waals surface area contributed by atoms with Crippen LogP contribution in [0.2, 0.25) is 30.8 Å². The third-order valence-corrected chi connectivity index (χ3v) is 7.11. The van der Waals surface area contributed by atoms with Gasteiger partial charge in [-0.1, -0.05) is 31.2 Å². The summed E-state index contributed by atoms with van der Waals surface area (Å²) in [5, 5.41) is 5.71. The number of hydrogen-bond donors (Lipinski definition) is 0. The molecule has 0 spiro atoms. The van der Waals surface area contributed by atoms with Crippen LogP contribution in [0.1, 0.15) is 19.8 Å². The summed E-state index contributed by atoms with van der Waals surface area (Å²) < 4.78 is 28.3. The zero-order valence-electron chi connectivity index (χ0n) is 17.7. The van der Waals surface area contributed by atoms with Gasteiger partial charge < -0.3 is 9.47 Å². The van der Waals surface area contributed by atoms with Crippen LogP contribution in [0.25, 0.3) is 22.3 Å². The van der Waals surface area contributed by atoms with Crippen LogP contribution in [0.3, 0.4) is 0 Å². The van der Waals surface area contributed by atoms with E-state index in [1.807, 2.05) is 6.92 Å². The first kappa shape index (κ1) is 21.2. The summed E-state index contributed by atoms with van der Waals surface area (Å²) in [6.07, 6.45) is 3.23. The minimum atomic E-state index is -1.20. The topological polar surface area (TPSA) is 62.1 Å². The Bertz CT molecular complexity index is 1080. The maximum atomic E-state index is 14.8. The molecule has 1 fully saturated rings.